The fraction of sp³-hybridized carbons (Fsp3) is 0.111. The van der Waals surface area contributed by atoms with Crippen LogP contribution in [0.3, 0.4) is 0 Å². The molecule has 66 valence electrons. The van der Waals surface area contributed by atoms with Crippen LogP contribution in [0.5, 0.6) is 0 Å². The Hall–Kier alpha value is -1.42. The SMILES string of the molecule is Cc1cscc1N1C(=O)C=CC1=O. The number of anilines is 1. The van der Waals surface area contributed by atoms with Crippen molar-refractivity contribution in [2.75, 3.05) is 4.90 Å². The van der Waals surface area contributed by atoms with Gasteiger partial charge in [-0.3, -0.25) is 9.59 Å². The molecule has 0 spiro atoms. The third kappa shape index (κ3) is 1.19. The molecular formula is C9H7NO2S. The minimum absolute atomic E-state index is 0.258. The van der Waals surface area contributed by atoms with Gasteiger partial charge in [0.15, 0.2) is 0 Å². The Balaban J connectivity index is 2.43. The second-order valence-corrected chi connectivity index (χ2v) is 3.53. The van der Waals surface area contributed by atoms with E-state index >= 15 is 0 Å². The standard InChI is InChI=1S/C9H7NO2S/c1-6-4-13-5-7(6)10-8(11)2-3-9(10)12/h2-5H,1H3. The number of imide groups is 1. The van der Waals surface area contributed by atoms with E-state index in [0.29, 0.717) is 5.69 Å². The van der Waals surface area contributed by atoms with E-state index in [1.165, 1.54) is 28.4 Å². The molecule has 2 heterocycles. The van der Waals surface area contributed by atoms with Crippen LogP contribution in [-0.4, -0.2) is 11.8 Å². The van der Waals surface area contributed by atoms with E-state index in [9.17, 15) is 9.59 Å². The molecule has 4 heteroatoms. The average Bonchev–Trinajstić information content (AvgIpc) is 2.60. The Morgan fingerprint density at radius 1 is 1.15 bits per heavy atom. The molecule has 1 aliphatic rings. The molecule has 0 saturated heterocycles. The van der Waals surface area contributed by atoms with Crippen molar-refractivity contribution in [2.45, 2.75) is 6.92 Å². The van der Waals surface area contributed by atoms with Gasteiger partial charge in [-0.05, 0) is 17.9 Å². The first-order valence-electron chi connectivity index (χ1n) is 3.79. The first-order valence-corrected chi connectivity index (χ1v) is 4.73. The van der Waals surface area contributed by atoms with Gasteiger partial charge in [-0.1, -0.05) is 0 Å². The van der Waals surface area contributed by atoms with Crippen LogP contribution in [-0.2, 0) is 9.59 Å². The number of hydrogen-bond donors (Lipinski definition) is 0. The number of rotatable bonds is 1. The van der Waals surface area contributed by atoms with Crippen LogP contribution in [0.25, 0.3) is 0 Å². The van der Waals surface area contributed by atoms with Crippen molar-refractivity contribution in [1.82, 2.24) is 0 Å². The molecule has 1 aromatic rings. The maximum Gasteiger partial charge on any atom is 0.258 e. The summed E-state index contributed by atoms with van der Waals surface area (Å²) in [5, 5.41) is 3.71. The highest BCUT2D eigenvalue weighted by Gasteiger charge is 2.26. The molecule has 1 aromatic heterocycles. The molecule has 0 saturated carbocycles. The number of aryl methyl sites for hydroxylation is 1. The van der Waals surface area contributed by atoms with Gasteiger partial charge in [0.2, 0.25) is 0 Å². The molecular weight excluding hydrogens is 186 g/mol. The van der Waals surface area contributed by atoms with Crippen LogP contribution in [0.4, 0.5) is 5.69 Å². The number of hydrogen-bond acceptors (Lipinski definition) is 3. The van der Waals surface area contributed by atoms with Gasteiger partial charge >= 0.3 is 0 Å². The summed E-state index contributed by atoms with van der Waals surface area (Å²) in [6, 6.07) is 0. The van der Waals surface area contributed by atoms with Crippen molar-refractivity contribution in [2.24, 2.45) is 0 Å². The molecule has 3 nitrogen and oxygen atoms in total. The van der Waals surface area contributed by atoms with Crippen LogP contribution in [0.2, 0.25) is 0 Å². The topological polar surface area (TPSA) is 37.4 Å². The maximum absolute atomic E-state index is 11.3. The Morgan fingerprint density at radius 3 is 2.23 bits per heavy atom. The minimum atomic E-state index is -0.258. The van der Waals surface area contributed by atoms with E-state index < -0.39 is 0 Å². The number of carbonyl (C=O) groups is 2. The molecule has 0 unspecified atom stereocenters. The van der Waals surface area contributed by atoms with E-state index in [2.05, 4.69) is 0 Å². The second kappa shape index (κ2) is 2.81. The lowest BCUT2D eigenvalue weighted by molar-refractivity contribution is -0.119. The largest absolute Gasteiger partial charge is 0.269 e. The van der Waals surface area contributed by atoms with Gasteiger partial charge in [0.05, 0.1) is 5.69 Å². The molecule has 0 fully saturated rings. The quantitative estimate of drug-likeness (QED) is 0.633. The fourth-order valence-corrected chi connectivity index (χ4v) is 2.03. The molecule has 0 N–H and O–H groups in total. The summed E-state index contributed by atoms with van der Waals surface area (Å²) in [5.41, 5.74) is 1.65. The van der Waals surface area contributed by atoms with Crippen LogP contribution in [0.1, 0.15) is 5.56 Å². The van der Waals surface area contributed by atoms with E-state index in [0.717, 1.165) is 5.56 Å². The number of nitrogens with zero attached hydrogens (tertiary/aromatic N) is 1. The third-order valence-electron chi connectivity index (χ3n) is 1.88. The van der Waals surface area contributed by atoms with Gasteiger partial charge in [-0.15, -0.1) is 11.3 Å². The van der Waals surface area contributed by atoms with Crippen molar-refractivity contribution in [1.29, 1.82) is 0 Å². The summed E-state index contributed by atoms with van der Waals surface area (Å²) in [6.07, 6.45) is 2.58. The predicted molar refractivity (Wildman–Crippen MR) is 50.7 cm³/mol. The number of amides is 2. The molecule has 1 aliphatic heterocycles. The first-order chi connectivity index (χ1) is 6.20. The molecule has 2 amide bonds. The molecule has 2 rings (SSSR count). The van der Waals surface area contributed by atoms with Crippen molar-refractivity contribution >= 4 is 28.8 Å². The van der Waals surface area contributed by atoms with E-state index in [4.69, 9.17) is 0 Å². The minimum Gasteiger partial charge on any atom is -0.269 e. The van der Waals surface area contributed by atoms with Crippen molar-refractivity contribution in [3.05, 3.63) is 28.5 Å². The van der Waals surface area contributed by atoms with Crippen molar-refractivity contribution in [3.63, 3.8) is 0 Å². The van der Waals surface area contributed by atoms with E-state index in [-0.39, 0.29) is 11.8 Å². The molecule has 0 radical (unpaired) electrons. The summed E-state index contributed by atoms with van der Waals surface area (Å²) in [7, 11) is 0. The summed E-state index contributed by atoms with van der Waals surface area (Å²) < 4.78 is 0. The van der Waals surface area contributed by atoms with E-state index in [1.807, 2.05) is 12.3 Å². The van der Waals surface area contributed by atoms with Gasteiger partial charge in [0.1, 0.15) is 0 Å². The summed E-state index contributed by atoms with van der Waals surface area (Å²) in [4.78, 5) is 23.7. The highest BCUT2D eigenvalue weighted by atomic mass is 32.1. The molecule has 0 bridgehead atoms. The molecule has 13 heavy (non-hydrogen) atoms. The van der Waals surface area contributed by atoms with Crippen LogP contribution in [0.15, 0.2) is 22.9 Å². The smallest absolute Gasteiger partial charge is 0.258 e. The monoisotopic (exact) mass is 193 g/mol. The zero-order valence-electron chi connectivity index (χ0n) is 6.98. The lowest BCUT2D eigenvalue weighted by atomic mass is 10.3. The predicted octanol–water partition coefficient (Wildman–Crippen LogP) is 1.49. The van der Waals surface area contributed by atoms with Crippen LogP contribution >= 0.6 is 11.3 Å². The summed E-state index contributed by atoms with van der Waals surface area (Å²) in [5.74, 6) is -0.516. The Kier molecular flexibility index (Phi) is 1.77. The lowest BCUT2D eigenvalue weighted by Gasteiger charge is -2.12. The van der Waals surface area contributed by atoms with Crippen LogP contribution in [0, 0.1) is 6.92 Å². The molecule has 0 aliphatic carbocycles. The van der Waals surface area contributed by atoms with Gasteiger partial charge in [-0.25, -0.2) is 4.90 Å². The Bertz CT molecular complexity index is 388. The van der Waals surface area contributed by atoms with Gasteiger partial charge in [0.25, 0.3) is 11.8 Å². The first kappa shape index (κ1) is 8.19. The zero-order chi connectivity index (χ0) is 9.42. The Morgan fingerprint density at radius 2 is 1.77 bits per heavy atom. The Labute approximate surface area is 79.3 Å². The van der Waals surface area contributed by atoms with Crippen LogP contribution < -0.4 is 4.90 Å². The van der Waals surface area contributed by atoms with Crippen molar-refractivity contribution < 1.29 is 9.59 Å². The average molecular weight is 193 g/mol. The summed E-state index contributed by atoms with van der Waals surface area (Å²) >= 11 is 1.48. The van der Waals surface area contributed by atoms with Gasteiger partial charge in [-0.2, -0.15) is 0 Å². The number of carbonyl (C=O) groups excluding carboxylic acids is 2. The van der Waals surface area contributed by atoms with Crippen molar-refractivity contribution in [3.8, 4) is 0 Å². The van der Waals surface area contributed by atoms with Gasteiger partial charge < -0.3 is 0 Å². The lowest BCUT2D eigenvalue weighted by Crippen LogP contribution is -2.29. The fourth-order valence-electron chi connectivity index (χ4n) is 1.22. The second-order valence-electron chi connectivity index (χ2n) is 2.79. The van der Waals surface area contributed by atoms with E-state index in [1.54, 1.807) is 5.38 Å². The normalized spacial score (nSPS) is 15.9. The summed E-state index contributed by atoms with van der Waals surface area (Å²) in [6.45, 7) is 1.88. The number of thiophene rings is 1. The highest BCUT2D eigenvalue weighted by Crippen LogP contribution is 2.26. The zero-order valence-corrected chi connectivity index (χ0v) is 7.80. The molecule has 0 atom stereocenters. The maximum atomic E-state index is 11.3. The third-order valence-corrected chi connectivity index (χ3v) is 2.73. The van der Waals surface area contributed by atoms with Gasteiger partial charge in [0, 0.05) is 17.5 Å². The highest BCUT2D eigenvalue weighted by molar-refractivity contribution is 7.08. The molecule has 0 aromatic carbocycles.